The molecule has 0 N–H and O–H groups in total. The molecule has 174 valence electrons. The van der Waals surface area contributed by atoms with E-state index < -0.39 is 6.61 Å². The van der Waals surface area contributed by atoms with Crippen molar-refractivity contribution in [2.45, 2.75) is 20.1 Å². The number of pyridine rings is 1. The molecule has 0 saturated heterocycles. The maximum absolute atomic E-state index is 13.8. The Kier molecular flexibility index (Phi) is 5.48. The number of aromatic nitrogens is 3. The summed E-state index contributed by atoms with van der Waals surface area (Å²) < 4.78 is 36.9. The lowest BCUT2D eigenvalue weighted by atomic mass is 10.1. The lowest BCUT2D eigenvalue weighted by Crippen LogP contribution is -2.45. The Morgan fingerprint density at radius 2 is 1.82 bits per heavy atom. The van der Waals surface area contributed by atoms with Crippen LogP contribution in [-0.2, 0) is 13.6 Å². The van der Waals surface area contributed by atoms with Crippen LogP contribution in [0.1, 0.15) is 12.5 Å². The number of fused-ring (bicyclic) bond motifs is 2. The zero-order chi connectivity index (χ0) is 23.8. The van der Waals surface area contributed by atoms with Crippen LogP contribution in [0.3, 0.4) is 0 Å². The highest BCUT2D eigenvalue weighted by molar-refractivity contribution is 6.10. The van der Waals surface area contributed by atoms with Gasteiger partial charge in [-0.05, 0) is 55.5 Å². The van der Waals surface area contributed by atoms with Crippen LogP contribution in [0.15, 0.2) is 60.8 Å². The highest BCUT2D eigenvalue weighted by Gasteiger charge is 2.34. The number of halogens is 2. The van der Waals surface area contributed by atoms with E-state index in [4.69, 9.17) is 4.74 Å². The Morgan fingerprint density at radius 3 is 2.56 bits per heavy atom. The summed E-state index contributed by atoms with van der Waals surface area (Å²) in [6, 6.07) is 14.8. The van der Waals surface area contributed by atoms with Gasteiger partial charge in [0.25, 0.3) is 0 Å². The molecule has 0 bridgehead atoms. The van der Waals surface area contributed by atoms with E-state index in [0.29, 0.717) is 36.2 Å². The Labute approximate surface area is 193 Å². The first-order valence-electron chi connectivity index (χ1n) is 10.7. The molecule has 10 heteroatoms. The van der Waals surface area contributed by atoms with Gasteiger partial charge in [0.15, 0.2) is 0 Å². The van der Waals surface area contributed by atoms with E-state index >= 15 is 0 Å². The molecular weight excluding hydrogens is 444 g/mol. The molecule has 4 aromatic rings. The van der Waals surface area contributed by atoms with Crippen LogP contribution in [0.2, 0.25) is 0 Å². The number of urea groups is 1. The van der Waals surface area contributed by atoms with Crippen LogP contribution in [-0.4, -0.2) is 34.0 Å². The number of amides is 2. The third-order valence-corrected chi connectivity index (χ3v) is 5.42. The zero-order valence-electron chi connectivity index (χ0n) is 18.5. The average molecular weight is 465 g/mol. The fraction of sp³-hybridized carbons (Fsp3) is 0.208. The van der Waals surface area contributed by atoms with Gasteiger partial charge in [-0.15, -0.1) is 0 Å². The number of hydrogen-bond acceptors (Lipinski definition) is 5. The molecule has 1 aliphatic heterocycles. The Balaban J connectivity index is 1.58. The predicted octanol–water partition coefficient (Wildman–Crippen LogP) is 5.25. The third kappa shape index (κ3) is 3.98. The van der Waals surface area contributed by atoms with E-state index in [0.717, 1.165) is 16.5 Å². The summed E-state index contributed by atoms with van der Waals surface area (Å²) in [5.74, 6) is 0.817. The number of rotatable bonds is 6. The van der Waals surface area contributed by atoms with Gasteiger partial charge in [-0.1, -0.05) is 0 Å². The molecule has 0 unspecified atom stereocenters. The first-order valence-corrected chi connectivity index (χ1v) is 10.7. The number of nitrogens with zero attached hydrogens (tertiary/aromatic N) is 5. The molecular formula is C24H21F2N5O3. The van der Waals surface area contributed by atoms with Crippen LogP contribution in [0, 0.1) is 0 Å². The van der Waals surface area contributed by atoms with E-state index in [2.05, 4.69) is 14.8 Å². The van der Waals surface area contributed by atoms with Crippen molar-refractivity contribution < 1.29 is 23.0 Å². The molecule has 2 aromatic carbocycles. The van der Waals surface area contributed by atoms with E-state index in [1.54, 1.807) is 27.8 Å². The van der Waals surface area contributed by atoms with Gasteiger partial charge in [0, 0.05) is 35.9 Å². The first-order chi connectivity index (χ1) is 16.4. The maximum Gasteiger partial charge on any atom is 0.387 e. The van der Waals surface area contributed by atoms with Gasteiger partial charge in [-0.25, -0.2) is 9.69 Å². The molecule has 34 heavy (non-hydrogen) atoms. The van der Waals surface area contributed by atoms with Crippen molar-refractivity contribution in [3.63, 3.8) is 0 Å². The summed E-state index contributed by atoms with van der Waals surface area (Å²) in [4.78, 5) is 21.4. The van der Waals surface area contributed by atoms with Gasteiger partial charge in [-0.2, -0.15) is 18.9 Å². The van der Waals surface area contributed by atoms with Crippen LogP contribution < -0.4 is 19.3 Å². The Hall–Kier alpha value is -4.21. The van der Waals surface area contributed by atoms with Crippen LogP contribution in [0.25, 0.3) is 10.9 Å². The number of ether oxygens (including phenoxy) is 2. The molecule has 0 aliphatic carbocycles. The van der Waals surface area contributed by atoms with Crippen molar-refractivity contribution in [2.75, 3.05) is 16.4 Å². The number of aryl methyl sites for hydroxylation is 1. The molecule has 3 heterocycles. The summed E-state index contributed by atoms with van der Waals surface area (Å²) in [5, 5.41) is 5.29. The average Bonchev–Trinajstić information content (AvgIpc) is 3.18. The number of alkyl halides is 2. The smallest absolute Gasteiger partial charge is 0.387 e. The molecule has 0 radical (unpaired) electrons. The fourth-order valence-electron chi connectivity index (χ4n) is 3.97. The zero-order valence-corrected chi connectivity index (χ0v) is 18.5. The van der Waals surface area contributed by atoms with Crippen LogP contribution in [0.4, 0.5) is 30.8 Å². The SMILES string of the molecule is CCOc1ccc2c(n1)N(c1ccc(OC(F)F)cc1)C(=O)N(c1ccc3nn(C)cc3c1)C2. The van der Waals surface area contributed by atoms with E-state index in [-0.39, 0.29) is 11.8 Å². The van der Waals surface area contributed by atoms with Gasteiger partial charge >= 0.3 is 12.6 Å². The molecule has 2 aromatic heterocycles. The van der Waals surface area contributed by atoms with E-state index in [9.17, 15) is 13.6 Å². The van der Waals surface area contributed by atoms with Crippen molar-refractivity contribution in [2.24, 2.45) is 7.05 Å². The molecule has 8 nitrogen and oxygen atoms in total. The van der Waals surface area contributed by atoms with Gasteiger partial charge in [0.1, 0.15) is 11.6 Å². The number of anilines is 3. The summed E-state index contributed by atoms with van der Waals surface area (Å²) >= 11 is 0. The largest absolute Gasteiger partial charge is 0.478 e. The molecule has 0 spiro atoms. The highest BCUT2D eigenvalue weighted by atomic mass is 19.3. The van der Waals surface area contributed by atoms with Gasteiger partial charge in [0.2, 0.25) is 5.88 Å². The molecule has 5 rings (SSSR count). The first kappa shape index (κ1) is 21.6. The van der Waals surface area contributed by atoms with Crippen molar-refractivity contribution >= 4 is 34.1 Å². The predicted molar refractivity (Wildman–Crippen MR) is 123 cm³/mol. The molecule has 1 aliphatic rings. The second kappa shape index (κ2) is 8.62. The van der Waals surface area contributed by atoms with Gasteiger partial charge < -0.3 is 9.47 Å². The number of benzene rings is 2. The van der Waals surface area contributed by atoms with Crippen molar-refractivity contribution in [1.82, 2.24) is 14.8 Å². The molecule has 0 atom stereocenters. The van der Waals surface area contributed by atoms with Crippen LogP contribution >= 0.6 is 0 Å². The minimum absolute atomic E-state index is 0.00153. The normalized spacial score (nSPS) is 13.5. The molecule has 0 saturated carbocycles. The fourth-order valence-corrected chi connectivity index (χ4v) is 3.97. The summed E-state index contributed by atoms with van der Waals surface area (Å²) in [6.07, 6.45) is 1.89. The standard InChI is InChI=1S/C24H21F2N5O3/c1-3-33-21-11-4-15-14-30(18-7-10-20-16(12-18)13-29(2)28-20)24(32)31(22(15)27-21)17-5-8-19(9-6-17)34-23(25)26/h4-13,23H,3,14H2,1-2H3. The third-order valence-electron chi connectivity index (χ3n) is 5.42. The second-order valence-corrected chi connectivity index (χ2v) is 7.69. The van der Waals surface area contributed by atoms with E-state index in [1.807, 2.05) is 44.4 Å². The quantitative estimate of drug-likeness (QED) is 0.389. The number of hydrogen-bond donors (Lipinski definition) is 0. The van der Waals surface area contributed by atoms with Crippen LogP contribution in [0.5, 0.6) is 11.6 Å². The lowest BCUT2D eigenvalue weighted by molar-refractivity contribution is -0.0498. The van der Waals surface area contributed by atoms with Crippen molar-refractivity contribution in [3.8, 4) is 11.6 Å². The second-order valence-electron chi connectivity index (χ2n) is 7.69. The van der Waals surface area contributed by atoms with Gasteiger partial charge in [-0.3, -0.25) is 9.58 Å². The number of carbonyl (C=O) groups excluding carboxylic acids is 1. The van der Waals surface area contributed by atoms with Crippen molar-refractivity contribution in [3.05, 3.63) is 66.4 Å². The monoisotopic (exact) mass is 465 g/mol. The Bertz CT molecular complexity index is 1360. The highest BCUT2D eigenvalue weighted by Crippen LogP contribution is 2.38. The summed E-state index contributed by atoms with van der Waals surface area (Å²) in [5.41, 5.74) is 2.79. The Morgan fingerprint density at radius 1 is 1.06 bits per heavy atom. The minimum atomic E-state index is -2.93. The van der Waals surface area contributed by atoms with Crippen molar-refractivity contribution in [1.29, 1.82) is 0 Å². The summed E-state index contributed by atoms with van der Waals surface area (Å²) in [7, 11) is 1.84. The minimum Gasteiger partial charge on any atom is -0.478 e. The summed E-state index contributed by atoms with van der Waals surface area (Å²) in [6.45, 7) is -0.349. The molecule has 2 amide bonds. The van der Waals surface area contributed by atoms with Gasteiger partial charge in [0.05, 0.1) is 24.4 Å². The van der Waals surface area contributed by atoms with E-state index in [1.165, 1.54) is 17.0 Å². The lowest BCUT2D eigenvalue weighted by Gasteiger charge is -2.36. The molecule has 0 fully saturated rings. The topological polar surface area (TPSA) is 72.7 Å². The number of carbonyl (C=O) groups is 1. The maximum atomic E-state index is 13.8.